The maximum Gasteiger partial charge on any atom is 0.244 e. The van der Waals surface area contributed by atoms with Gasteiger partial charge in [0.25, 0.3) is 0 Å². The molecule has 2 rings (SSSR count). The van der Waals surface area contributed by atoms with Crippen LogP contribution in [0.4, 0.5) is 0 Å². The molecule has 0 bridgehead atoms. The summed E-state index contributed by atoms with van der Waals surface area (Å²) in [6.07, 6.45) is 6.09. The molecule has 4 nitrogen and oxygen atoms in total. The highest BCUT2D eigenvalue weighted by Gasteiger charge is 2.20. The molecule has 2 N–H and O–H groups in total. The van der Waals surface area contributed by atoms with Crippen molar-refractivity contribution in [1.29, 1.82) is 0 Å². The maximum atomic E-state index is 5.94. The average molecular weight is 265 g/mol. The third-order valence-electron chi connectivity index (χ3n) is 3.50. The summed E-state index contributed by atoms with van der Waals surface area (Å²) >= 11 is 5.09. The van der Waals surface area contributed by atoms with Gasteiger partial charge >= 0.3 is 0 Å². The molecule has 18 heavy (non-hydrogen) atoms. The van der Waals surface area contributed by atoms with Crippen LogP contribution in [-0.4, -0.2) is 21.3 Å². The molecule has 1 heterocycles. The van der Waals surface area contributed by atoms with E-state index in [0.717, 1.165) is 29.7 Å². The SMILES string of the molecule is Cc1nnc(OC2CCCCC2)c(C(N)=S)c1C. The number of nitrogens with two attached hydrogens (primary N) is 1. The molecule has 0 atom stereocenters. The summed E-state index contributed by atoms with van der Waals surface area (Å²) in [6, 6.07) is 0. The Morgan fingerprint density at radius 3 is 2.50 bits per heavy atom. The summed E-state index contributed by atoms with van der Waals surface area (Å²) in [5.74, 6) is 0.498. The molecule has 0 spiro atoms. The van der Waals surface area contributed by atoms with Crippen LogP contribution in [0.3, 0.4) is 0 Å². The normalized spacial score (nSPS) is 16.6. The molecule has 1 fully saturated rings. The molecular formula is C13H19N3OS. The lowest BCUT2D eigenvalue weighted by Crippen LogP contribution is -2.24. The van der Waals surface area contributed by atoms with Gasteiger partial charge in [0.05, 0.1) is 11.3 Å². The first-order valence-electron chi connectivity index (χ1n) is 6.40. The lowest BCUT2D eigenvalue weighted by atomic mass is 9.98. The second kappa shape index (κ2) is 5.61. The molecule has 0 unspecified atom stereocenters. The molecule has 1 aromatic rings. The van der Waals surface area contributed by atoms with Gasteiger partial charge in [-0.2, -0.15) is 5.10 Å². The zero-order valence-electron chi connectivity index (χ0n) is 10.9. The van der Waals surface area contributed by atoms with Crippen LogP contribution in [0.2, 0.25) is 0 Å². The highest BCUT2D eigenvalue weighted by atomic mass is 32.1. The molecule has 0 aliphatic heterocycles. The molecule has 5 heteroatoms. The highest BCUT2D eigenvalue weighted by molar-refractivity contribution is 7.80. The molecule has 1 aliphatic rings. The van der Waals surface area contributed by atoms with Gasteiger partial charge in [0.1, 0.15) is 11.1 Å². The van der Waals surface area contributed by atoms with E-state index in [1.165, 1.54) is 19.3 Å². The van der Waals surface area contributed by atoms with Crippen molar-refractivity contribution in [3.8, 4) is 5.88 Å². The van der Waals surface area contributed by atoms with Gasteiger partial charge in [-0.1, -0.05) is 18.6 Å². The summed E-state index contributed by atoms with van der Waals surface area (Å²) in [5.41, 5.74) is 8.31. The fourth-order valence-electron chi connectivity index (χ4n) is 2.30. The van der Waals surface area contributed by atoms with E-state index in [4.69, 9.17) is 22.7 Å². The van der Waals surface area contributed by atoms with Crippen molar-refractivity contribution in [2.45, 2.75) is 52.1 Å². The van der Waals surface area contributed by atoms with E-state index in [-0.39, 0.29) is 6.10 Å². The monoisotopic (exact) mass is 265 g/mol. The largest absolute Gasteiger partial charge is 0.473 e. The Morgan fingerprint density at radius 2 is 1.89 bits per heavy atom. The summed E-state index contributed by atoms with van der Waals surface area (Å²) in [7, 11) is 0. The van der Waals surface area contributed by atoms with Crippen molar-refractivity contribution in [1.82, 2.24) is 10.2 Å². The summed E-state index contributed by atoms with van der Waals surface area (Å²) < 4.78 is 5.94. The van der Waals surface area contributed by atoms with Crippen LogP contribution in [0, 0.1) is 13.8 Å². The minimum absolute atomic E-state index is 0.225. The van der Waals surface area contributed by atoms with E-state index >= 15 is 0 Å². The standard InChI is InChI=1S/C13H19N3OS/c1-8-9(2)15-16-13(11(8)12(14)18)17-10-6-4-3-5-7-10/h10H,3-7H2,1-2H3,(H2,14,18). The molecule has 98 valence electrons. The van der Waals surface area contributed by atoms with Crippen LogP contribution in [0.1, 0.15) is 48.9 Å². The minimum atomic E-state index is 0.225. The maximum absolute atomic E-state index is 5.94. The predicted molar refractivity (Wildman–Crippen MR) is 74.9 cm³/mol. The van der Waals surface area contributed by atoms with Crippen molar-refractivity contribution in [3.05, 3.63) is 16.8 Å². The summed E-state index contributed by atoms with van der Waals surface area (Å²) in [4.78, 5) is 0.330. The van der Waals surface area contributed by atoms with Gasteiger partial charge in [-0.25, -0.2) is 0 Å². The van der Waals surface area contributed by atoms with Crippen molar-refractivity contribution < 1.29 is 4.74 Å². The number of nitrogens with zero attached hydrogens (tertiary/aromatic N) is 2. The van der Waals surface area contributed by atoms with Gasteiger partial charge < -0.3 is 10.5 Å². The Balaban J connectivity index is 2.26. The van der Waals surface area contributed by atoms with Crippen LogP contribution in [0.25, 0.3) is 0 Å². The topological polar surface area (TPSA) is 61.0 Å². The van der Waals surface area contributed by atoms with Gasteiger partial charge in [0, 0.05) is 0 Å². The Bertz CT molecular complexity index is 456. The zero-order chi connectivity index (χ0) is 13.1. The predicted octanol–water partition coefficient (Wildman–Crippen LogP) is 2.44. The van der Waals surface area contributed by atoms with E-state index < -0.39 is 0 Å². The van der Waals surface area contributed by atoms with Gasteiger partial charge in [-0.05, 0) is 45.1 Å². The fraction of sp³-hybridized carbons (Fsp3) is 0.615. The first-order chi connectivity index (χ1) is 8.59. The van der Waals surface area contributed by atoms with Crippen LogP contribution in [0.5, 0.6) is 5.88 Å². The smallest absolute Gasteiger partial charge is 0.244 e. The number of hydrogen-bond acceptors (Lipinski definition) is 4. The lowest BCUT2D eigenvalue weighted by Gasteiger charge is -2.23. The van der Waals surface area contributed by atoms with Gasteiger partial charge in [-0.15, -0.1) is 5.10 Å². The molecule has 0 radical (unpaired) electrons. The van der Waals surface area contributed by atoms with E-state index in [0.29, 0.717) is 10.9 Å². The highest BCUT2D eigenvalue weighted by Crippen LogP contribution is 2.26. The minimum Gasteiger partial charge on any atom is -0.473 e. The Labute approximate surface area is 113 Å². The van der Waals surface area contributed by atoms with Crippen molar-refractivity contribution >= 4 is 17.2 Å². The molecule has 1 aromatic heterocycles. The van der Waals surface area contributed by atoms with Gasteiger partial charge in [-0.3, -0.25) is 0 Å². The zero-order valence-corrected chi connectivity index (χ0v) is 11.7. The first kappa shape index (κ1) is 13.2. The van der Waals surface area contributed by atoms with E-state index in [2.05, 4.69) is 10.2 Å². The lowest BCUT2D eigenvalue weighted by molar-refractivity contribution is 0.146. The fourth-order valence-corrected chi connectivity index (χ4v) is 2.54. The molecule has 1 aliphatic carbocycles. The second-order valence-corrected chi connectivity index (χ2v) is 5.27. The number of aromatic nitrogens is 2. The average Bonchev–Trinajstić information content (AvgIpc) is 2.35. The number of hydrogen-bond donors (Lipinski definition) is 1. The summed E-state index contributed by atoms with van der Waals surface area (Å²) in [5, 5.41) is 8.21. The second-order valence-electron chi connectivity index (χ2n) is 4.83. The quantitative estimate of drug-likeness (QED) is 0.851. The first-order valence-corrected chi connectivity index (χ1v) is 6.80. The van der Waals surface area contributed by atoms with Gasteiger partial charge in [0.15, 0.2) is 0 Å². The molecule has 0 saturated heterocycles. The molecular weight excluding hydrogens is 246 g/mol. The van der Waals surface area contributed by atoms with Crippen molar-refractivity contribution in [3.63, 3.8) is 0 Å². The van der Waals surface area contributed by atoms with Crippen LogP contribution < -0.4 is 10.5 Å². The Kier molecular flexibility index (Phi) is 4.11. The van der Waals surface area contributed by atoms with E-state index in [1.54, 1.807) is 0 Å². The molecule has 0 amide bonds. The number of aryl methyl sites for hydroxylation is 1. The molecule has 0 aromatic carbocycles. The number of ether oxygens (including phenoxy) is 1. The number of thiocarbonyl (C=S) groups is 1. The van der Waals surface area contributed by atoms with Crippen molar-refractivity contribution in [2.75, 3.05) is 0 Å². The van der Waals surface area contributed by atoms with E-state index in [9.17, 15) is 0 Å². The third kappa shape index (κ3) is 2.77. The van der Waals surface area contributed by atoms with Crippen LogP contribution >= 0.6 is 12.2 Å². The summed E-state index contributed by atoms with van der Waals surface area (Å²) in [6.45, 7) is 3.85. The Hall–Kier alpha value is -1.23. The van der Waals surface area contributed by atoms with Crippen LogP contribution in [0.15, 0.2) is 0 Å². The Morgan fingerprint density at radius 1 is 1.22 bits per heavy atom. The van der Waals surface area contributed by atoms with Crippen LogP contribution in [-0.2, 0) is 0 Å². The molecule has 1 saturated carbocycles. The van der Waals surface area contributed by atoms with E-state index in [1.807, 2.05) is 13.8 Å². The van der Waals surface area contributed by atoms with Gasteiger partial charge in [0.2, 0.25) is 5.88 Å². The third-order valence-corrected chi connectivity index (χ3v) is 3.70. The number of rotatable bonds is 3. The van der Waals surface area contributed by atoms with Crippen molar-refractivity contribution in [2.24, 2.45) is 5.73 Å².